The van der Waals surface area contributed by atoms with E-state index in [2.05, 4.69) is 12.2 Å². The maximum absolute atomic E-state index is 5.30. The first-order chi connectivity index (χ1) is 6.33. The van der Waals surface area contributed by atoms with Crippen LogP contribution in [0.15, 0.2) is 0 Å². The van der Waals surface area contributed by atoms with Crippen LogP contribution in [0.2, 0.25) is 0 Å². The first-order valence-electron chi connectivity index (χ1n) is 5.14. The fraction of sp³-hybridized carbons (Fsp3) is 1.00. The summed E-state index contributed by atoms with van der Waals surface area (Å²) in [7, 11) is 1.75. The maximum Gasteiger partial charge on any atom is 0.0667 e. The average molecular weight is 187 g/mol. The van der Waals surface area contributed by atoms with Gasteiger partial charge in [-0.25, -0.2) is 0 Å². The molecule has 0 saturated carbocycles. The molecule has 3 heteroatoms. The molecule has 0 aromatic rings. The smallest absolute Gasteiger partial charge is 0.0667 e. The summed E-state index contributed by atoms with van der Waals surface area (Å²) in [6.07, 6.45) is 2.72. The van der Waals surface area contributed by atoms with Crippen LogP contribution in [0.5, 0.6) is 0 Å². The Morgan fingerprint density at radius 2 is 2.15 bits per heavy atom. The average Bonchev–Trinajstić information content (AvgIpc) is 2.19. The van der Waals surface area contributed by atoms with Crippen molar-refractivity contribution in [2.75, 3.05) is 33.4 Å². The van der Waals surface area contributed by atoms with E-state index in [9.17, 15) is 0 Å². The lowest BCUT2D eigenvalue weighted by Crippen LogP contribution is -2.32. The summed E-state index contributed by atoms with van der Waals surface area (Å²) >= 11 is 0. The molecular weight excluding hydrogens is 166 g/mol. The van der Waals surface area contributed by atoms with Crippen LogP contribution in [-0.2, 0) is 9.47 Å². The van der Waals surface area contributed by atoms with Crippen molar-refractivity contribution in [3.63, 3.8) is 0 Å². The summed E-state index contributed by atoms with van der Waals surface area (Å²) in [5.41, 5.74) is 0. The lowest BCUT2D eigenvalue weighted by Gasteiger charge is -2.22. The Morgan fingerprint density at radius 3 is 2.77 bits per heavy atom. The molecule has 1 fully saturated rings. The van der Waals surface area contributed by atoms with Crippen LogP contribution >= 0.6 is 0 Å². The molecule has 1 atom stereocenters. The molecule has 1 aliphatic heterocycles. The molecule has 1 aliphatic rings. The highest BCUT2D eigenvalue weighted by Gasteiger charge is 2.13. The summed E-state index contributed by atoms with van der Waals surface area (Å²) in [4.78, 5) is 0. The van der Waals surface area contributed by atoms with Gasteiger partial charge in [-0.1, -0.05) is 0 Å². The van der Waals surface area contributed by atoms with E-state index >= 15 is 0 Å². The molecule has 0 aliphatic carbocycles. The molecule has 1 heterocycles. The van der Waals surface area contributed by atoms with Crippen molar-refractivity contribution < 1.29 is 9.47 Å². The zero-order valence-corrected chi connectivity index (χ0v) is 8.71. The van der Waals surface area contributed by atoms with Gasteiger partial charge in [-0.15, -0.1) is 0 Å². The van der Waals surface area contributed by atoms with Crippen LogP contribution in [0.1, 0.15) is 19.8 Å². The van der Waals surface area contributed by atoms with Gasteiger partial charge in [0.25, 0.3) is 0 Å². The van der Waals surface area contributed by atoms with Crippen LogP contribution in [0.4, 0.5) is 0 Å². The molecule has 0 spiro atoms. The Hall–Kier alpha value is -0.120. The van der Waals surface area contributed by atoms with Crippen molar-refractivity contribution in [1.82, 2.24) is 5.32 Å². The van der Waals surface area contributed by atoms with Gasteiger partial charge in [0.15, 0.2) is 0 Å². The molecule has 0 aromatic heterocycles. The molecule has 1 N–H and O–H groups in total. The minimum absolute atomic E-state index is 0.319. The third-order valence-electron chi connectivity index (χ3n) is 2.61. The van der Waals surface area contributed by atoms with E-state index in [1.54, 1.807) is 7.11 Å². The van der Waals surface area contributed by atoms with Gasteiger partial charge in [0, 0.05) is 26.9 Å². The third-order valence-corrected chi connectivity index (χ3v) is 2.61. The number of hydrogen-bond acceptors (Lipinski definition) is 3. The lowest BCUT2D eigenvalue weighted by molar-refractivity contribution is 0.0637. The predicted molar refractivity (Wildman–Crippen MR) is 52.9 cm³/mol. The second kappa shape index (κ2) is 6.35. The van der Waals surface area contributed by atoms with Gasteiger partial charge in [0.05, 0.1) is 6.10 Å². The number of hydrogen-bond donors (Lipinski definition) is 1. The summed E-state index contributed by atoms with van der Waals surface area (Å²) < 4.78 is 10.4. The SMILES string of the molecule is COC(C)CNCC1CCOCC1. The van der Waals surface area contributed by atoms with Gasteiger partial charge in [-0.3, -0.25) is 0 Å². The first-order valence-corrected chi connectivity index (χ1v) is 5.14. The highest BCUT2D eigenvalue weighted by atomic mass is 16.5. The third kappa shape index (κ3) is 4.60. The van der Waals surface area contributed by atoms with Gasteiger partial charge >= 0.3 is 0 Å². The minimum Gasteiger partial charge on any atom is -0.381 e. The van der Waals surface area contributed by atoms with Gasteiger partial charge in [-0.05, 0) is 32.2 Å². The van der Waals surface area contributed by atoms with E-state index in [4.69, 9.17) is 9.47 Å². The summed E-state index contributed by atoms with van der Waals surface area (Å²) in [6.45, 7) is 6.01. The Morgan fingerprint density at radius 1 is 1.46 bits per heavy atom. The van der Waals surface area contributed by atoms with E-state index in [-0.39, 0.29) is 0 Å². The lowest BCUT2D eigenvalue weighted by atomic mass is 10.0. The van der Waals surface area contributed by atoms with Crippen molar-refractivity contribution in [1.29, 1.82) is 0 Å². The minimum atomic E-state index is 0.319. The molecule has 0 radical (unpaired) electrons. The van der Waals surface area contributed by atoms with E-state index in [1.165, 1.54) is 12.8 Å². The molecule has 0 bridgehead atoms. The first kappa shape index (κ1) is 11.0. The van der Waals surface area contributed by atoms with Crippen molar-refractivity contribution in [3.8, 4) is 0 Å². The fourth-order valence-corrected chi connectivity index (χ4v) is 1.52. The Bertz CT molecular complexity index is 124. The monoisotopic (exact) mass is 187 g/mol. The van der Waals surface area contributed by atoms with Crippen molar-refractivity contribution in [2.24, 2.45) is 5.92 Å². The normalized spacial score (nSPS) is 21.7. The van der Waals surface area contributed by atoms with Crippen molar-refractivity contribution in [2.45, 2.75) is 25.9 Å². The van der Waals surface area contributed by atoms with E-state index in [1.807, 2.05) is 0 Å². The maximum atomic E-state index is 5.30. The Kier molecular flexibility index (Phi) is 5.35. The Labute approximate surface area is 80.8 Å². The van der Waals surface area contributed by atoms with Crippen molar-refractivity contribution >= 4 is 0 Å². The summed E-state index contributed by atoms with van der Waals surface area (Å²) in [5, 5.41) is 3.43. The molecule has 1 rings (SSSR count). The second-order valence-corrected chi connectivity index (χ2v) is 3.76. The van der Waals surface area contributed by atoms with Crippen molar-refractivity contribution in [3.05, 3.63) is 0 Å². The van der Waals surface area contributed by atoms with E-state index in [0.717, 1.165) is 32.2 Å². The highest BCUT2D eigenvalue weighted by Crippen LogP contribution is 2.12. The Balaban J connectivity index is 1.98. The second-order valence-electron chi connectivity index (χ2n) is 3.76. The summed E-state index contributed by atoms with van der Waals surface area (Å²) in [6, 6.07) is 0. The predicted octanol–water partition coefficient (Wildman–Crippen LogP) is 1.04. The largest absolute Gasteiger partial charge is 0.381 e. The van der Waals surface area contributed by atoms with Gasteiger partial charge in [-0.2, -0.15) is 0 Å². The van der Waals surface area contributed by atoms with Gasteiger partial charge in [0.1, 0.15) is 0 Å². The molecule has 3 nitrogen and oxygen atoms in total. The number of methoxy groups -OCH3 is 1. The quantitative estimate of drug-likeness (QED) is 0.697. The molecular formula is C10H21NO2. The molecule has 0 aromatic carbocycles. The zero-order valence-electron chi connectivity index (χ0n) is 8.71. The number of nitrogens with one attached hydrogen (secondary N) is 1. The van der Waals surface area contributed by atoms with Gasteiger partial charge < -0.3 is 14.8 Å². The zero-order chi connectivity index (χ0) is 9.52. The van der Waals surface area contributed by atoms with Crippen LogP contribution in [-0.4, -0.2) is 39.5 Å². The topological polar surface area (TPSA) is 30.5 Å². The van der Waals surface area contributed by atoms with Crippen LogP contribution < -0.4 is 5.32 Å². The van der Waals surface area contributed by atoms with E-state index in [0.29, 0.717) is 6.10 Å². The fourth-order valence-electron chi connectivity index (χ4n) is 1.52. The molecule has 78 valence electrons. The summed E-state index contributed by atoms with van der Waals surface area (Å²) in [5.74, 6) is 0.804. The molecule has 1 saturated heterocycles. The number of ether oxygens (including phenoxy) is 2. The van der Waals surface area contributed by atoms with Crippen LogP contribution in [0.25, 0.3) is 0 Å². The van der Waals surface area contributed by atoms with Crippen LogP contribution in [0, 0.1) is 5.92 Å². The highest BCUT2D eigenvalue weighted by molar-refractivity contribution is 4.66. The van der Waals surface area contributed by atoms with E-state index < -0.39 is 0 Å². The molecule has 1 unspecified atom stereocenters. The standard InChI is InChI=1S/C10H21NO2/c1-9(12-2)7-11-8-10-3-5-13-6-4-10/h9-11H,3-8H2,1-2H3. The molecule has 13 heavy (non-hydrogen) atoms. The molecule has 0 amide bonds. The van der Waals surface area contributed by atoms with Gasteiger partial charge in [0.2, 0.25) is 0 Å². The van der Waals surface area contributed by atoms with Crippen LogP contribution in [0.3, 0.4) is 0 Å². The number of rotatable bonds is 5.